The van der Waals surface area contributed by atoms with Crippen LogP contribution in [0.4, 0.5) is 11.6 Å². The molecular weight excluding hydrogens is 361 g/mol. The molecule has 0 bridgehead atoms. The van der Waals surface area contributed by atoms with Crippen LogP contribution in [0.5, 0.6) is 0 Å². The normalized spacial score (nSPS) is 10.3. The second kappa shape index (κ2) is 7.92. The zero-order valence-electron chi connectivity index (χ0n) is 12.9. The fourth-order valence-electron chi connectivity index (χ4n) is 2.02. The number of benzene rings is 1. The summed E-state index contributed by atoms with van der Waals surface area (Å²) in [5.41, 5.74) is 1.74. The molecule has 0 saturated heterocycles. The number of carbonyl (C=O) groups excluding carboxylic acids is 1. The van der Waals surface area contributed by atoms with Gasteiger partial charge in [0, 0.05) is 30.8 Å². The molecule has 6 nitrogen and oxygen atoms in total. The molecule has 0 unspecified atom stereocenters. The Morgan fingerprint density at radius 1 is 1.08 bits per heavy atom. The van der Waals surface area contributed by atoms with E-state index in [1.54, 1.807) is 30.6 Å². The first-order chi connectivity index (χ1) is 12.1. The number of nitrogens with one attached hydrogen (secondary N) is 2. The third kappa shape index (κ3) is 4.65. The first kappa shape index (κ1) is 17.1. The SMILES string of the molecule is O=C(Nc1ccc(Cl)c(Cl)c1)c1ccnc(NCc2cccnc2)n1. The summed E-state index contributed by atoms with van der Waals surface area (Å²) in [5, 5.41) is 6.56. The zero-order chi connectivity index (χ0) is 17.6. The monoisotopic (exact) mass is 373 g/mol. The molecule has 3 rings (SSSR count). The largest absolute Gasteiger partial charge is 0.350 e. The Balaban J connectivity index is 1.67. The van der Waals surface area contributed by atoms with Gasteiger partial charge in [-0.2, -0.15) is 0 Å². The Morgan fingerprint density at radius 2 is 1.96 bits per heavy atom. The van der Waals surface area contributed by atoms with Crippen LogP contribution in [0.1, 0.15) is 16.1 Å². The maximum absolute atomic E-state index is 12.3. The van der Waals surface area contributed by atoms with Crippen molar-refractivity contribution in [3.05, 3.63) is 76.3 Å². The van der Waals surface area contributed by atoms with Crippen molar-refractivity contribution >= 4 is 40.7 Å². The van der Waals surface area contributed by atoms with Gasteiger partial charge >= 0.3 is 0 Å². The minimum Gasteiger partial charge on any atom is -0.350 e. The summed E-state index contributed by atoms with van der Waals surface area (Å²) in [6, 6.07) is 10.2. The smallest absolute Gasteiger partial charge is 0.274 e. The van der Waals surface area contributed by atoms with Gasteiger partial charge in [0.1, 0.15) is 5.69 Å². The molecule has 126 valence electrons. The van der Waals surface area contributed by atoms with Crippen molar-refractivity contribution in [1.29, 1.82) is 0 Å². The summed E-state index contributed by atoms with van der Waals surface area (Å²) in [7, 11) is 0. The molecule has 0 fully saturated rings. The molecule has 0 atom stereocenters. The number of aromatic nitrogens is 3. The predicted molar refractivity (Wildman–Crippen MR) is 98.0 cm³/mol. The highest BCUT2D eigenvalue weighted by molar-refractivity contribution is 6.42. The maximum Gasteiger partial charge on any atom is 0.274 e. The van der Waals surface area contributed by atoms with E-state index in [1.807, 2.05) is 12.1 Å². The van der Waals surface area contributed by atoms with Crippen molar-refractivity contribution in [1.82, 2.24) is 15.0 Å². The molecule has 25 heavy (non-hydrogen) atoms. The standard InChI is InChI=1S/C17H13Cl2N5O/c18-13-4-3-12(8-14(13)19)23-16(25)15-5-7-21-17(24-15)22-10-11-2-1-6-20-9-11/h1-9H,10H2,(H,23,25)(H,21,22,24). The van der Waals surface area contributed by atoms with Gasteiger partial charge in [-0.05, 0) is 35.9 Å². The van der Waals surface area contributed by atoms with E-state index in [9.17, 15) is 4.79 Å². The predicted octanol–water partition coefficient (Wildman–Crippen LogP) is 4.04. The summed E-state index contributed by atoms with van der Waals surface area (Å²) in [4.78, 5) is 24.7. The van der Waals surface area contributed by atoms with E-state index in [2.05, 4.69) is 25.6 Å². The van der Waals surface area contributed by atoms with Crippen molar-refractivity contribution < 1.29 is 4.79 Å². The number of nitrogens with zero attached hydrogens (tertiary/aromatic N) is 3. The van der Waals surface area contributed by atoms with E-state index in [0.29, 0.717) is 28.2 Å². The second-order valence-electron chi connectivity index (χ2n) is 5.06. The summed E-state index contributed by atoms with van der Waals surface area (Å²) in [6.07, 6.45) is 4.96. The highest BCUT2D eigenvalue weighted by atomic mass is 35.5. The van der Waals surface area contributed by atoms with Crippen molar-refractivity contribution in [3.8, 4) is 0 Å². The number of carbonyl (C=O) groups is 1. The van der Waals surface area contributed by atoms with E-state index in [1.165, 1.54) is 12.3 Å². The van der Waals surface area contributed by atoms with Gasteiger partial charge in [-0.3, -0.25) is 9.78 Å². The average molecular weight is 374 g/mol. The van der Waals surface area contributed by atoms with E-state index in [0.717, 1.165) is 5.56 Å². The quantitative estimate of drug-likeness (QED) is 0.705. The molecule has 0 aliphatic rings. The third-order valence-electron chi connectivity index (χ3n) is 3.24. The van der Waals surface area contributed by atoms with Gasteiger partial charge < -0.3 is 10.6 Å². The Morgan fingerprint density at radius 3 is 2.72 bits per heavy atom. The molecule has 1 amide bonds. The molecule has 0 aliphatic heterocycles. The Bertz CT molecular complexity index is 889. The van der Waals surface area contributed by atoms with Crippen molar-refractivity contribution in [2.24, 2.45) is 0 Å². The maximum atomic E-state index is 12.3. The summed E-state index contributed by atoms with van der Waals surface area (Å²) < 4.78 is 0. The molecule has 0 aliphatic carbocycles. The van der Waals surface area contributed by atoms with Crippen LogP contribution >= 0.6 is 23.2 Å². The van der Waals surface area contributed by atoms with E-state index in [4.69, 9.17) is 23.2 Å². The molecule has 0 spiro atoms. The highest BCUT2D eigenvalue weighted by Gasteiger charge is 2.10. The van der Waals surface area contributed by atoms with Crippen LogP contribution in [0, 0.1) is 0 Å². The number of anilines is 2. The second-order valence-corrected chi connectivity index (χ2v) is 5.88. The molecule has 3 aromatic rings. The zero-order valence-corrected chi connectivity index (χ0v) is 14.4. The molecule has 0 radical (unpaired) electrons. The van der Waals surface area contributed by atoms with Crippen molar-refractivity contribution in [3.63, 3.8) is 0 Å². The number of hydrogen-bond acceptors (Lipinski definition) is 5. The lowest BCUT2D eigenvalue weighted by Gasteiger charge is -2.08. The van der Waals surface area contributed by atoms with Crippen molar-refractivity contribution in [2.45, 2.75) is 6.54 Å². The number of hydrogen-bond donors (Lipinski definition) is 2. The molecule has 0 saturated carbocycles. The van der Waals surface area contributed by atoms with Gasteiger partial charge in [-0.15, -0.1) is 0 Å². The fraction of sp³-hybridized carbons (Fsp3) is 0.0588. The van der Waals surface area contributed by atoms with Crippen LogP contribution in [0.15, 0.2) is 55.0 Å². The highest BCUT2D eigenvalue weighted by Crippen LogP contribution is 2.25. The van der Waals surface area contributed by atoms with Crippen molar-refractivity contribution in [2.75, 3.05) is 10.6 Å². The molecular formula is C17H13Cl2N5O. The lowest BCUT2D eigenvalue weighted by molar-refractivity contribution is 0.102. The van der Waals surface area contributed by atoms with Gasteiger partial charge in [0.15, 0.2) is 0 Å². The topological polar surface area (TPSA) is 79.8 Å². The molecule has 1 aromatic carbocycles. The van der Waals surface area contributed by atoms with E-state index >= 15 is 0 Å². The number of pyridine rings is 1. The number of halogens is 2. The minimum absolute atomic E-state index is 0.231. The summed E-state index contributed by atoms with van der Waals surface area (Å²) in [6.45, 7) is 0.506. The van der Waals surface area contributed by atoms with Gasteiger partial charge in [0.05, 0.1) is 10.0 Å². The lowest BCUT2D eigenvalue weighted by Crippen LogP contribution is -2.15. The lowest BCUT2D eigenvalue weighted by atomic mass is 10.3. The first-order valence-electron chi connectivity index (χ1n) is 7.34. The average Bonchev–Trinajstić information content (AvgIpc) is 2.64. The van der Waals surface area contributed by atoms with Crippen LogP contribution in [0.25, 0.3) is 0 Å². The Kier molecular flexibility index (Phi) is 5.42. The summed E-state index contributed by atoms with van der Waals surface area (Å²) in [5.74, 6) is -0.0177. The van der Waals surface area contributed by atoms with Crippen LogP contribution in [0.2, 0.25) is 10.0 Å². The van der Waals surface area contributed by atoms with Gasteiger partial charge in [-0.1, -0.05) is 29.3 Å². The van der Waals surface area contributed by atoms with E-state index in [-0.39, 0.29) is 11.6 Å². The van der Waals surface area contributed by atoms with E-state index < -0.39 is 0 Å². The Labute approximate surface area is 154 Å². The van der Waals surface area contributed by atoms with Gasteiger partial charge in [-0.25, -0.2) is 9.97 Å². The molecule has 2 aromatic heterocycles. The third-order valence-corrected chi connectivity index (χ3v) is 3.98. The van der Waals surface area contributed by atoms with Crippen LogP contribution in [-0.4, -0.2) is 20.9 Å². The number of amides is 1. The van der Waals surface area contributed by atoms with Crippen LogP contribution in [-0.2, 0) is 6.54 Å². The van der Waals surface area contributed by atoms with Crippen LogP contribution < -0.4 is 10.6 Å². The van der Waals surface area contributed by atoms with Crippen LogP contribution in [0.3, 0.4) is 0 Å². The fourth-order valence-corrected chi connectivity index (χ4v) is 2.32. The van der Waals surface area contributed by atoms with Gasteiger partial charge in [0.2, 0.25) is 5.95 Å². The minimum atomic E-state index is -0.370. The first-order valence-corrected chi connectivity index (χ1v) is 8.09. The molecule has 2 heterocycles. The number of rotatable bonds is 5. The van der Waals surface area contributed by atoms with Gasteiger partial charge in [0.25, 0.3) is 5.91 Å². The summed E-state index contributed by atoms with van der Waals surface area (Å²) >= 11 is 11.8. The Hall–Kier alpha value is -2.70. The molecule has 8 heteroatoms. The molecule has 2 N–H and O–H groups in total.